The Balaban J connectivity index is 1.14. The van der Waals surface area contributed by atoms with E-state index in [1.165, 1.54) is 38.5 Å². The lowest BCUT2D eigenvalue weighted by atomic mass is 9.99. The van der Waals surface area contributed by atoms with Gasteiger partial charge in [-0.3, -0.25) is 0 Å². The van der Waals surface area contributed by atoms with E-state index in [9.17, 15) is 22.8 Å². The number of ether oxygens (including phenoxy) is 4. The summed E-state index contributed by atoms with van der Waals surface area (Å²) in [5.74, 6) is 0.262. The summed E-state index contributed by atoms with van der Waals surface area (Å²) in [6.07, 6.45) is -0.333. The Hall–Kier alpha value is -4.26. The van der Waals surface area contributed by atoms with Gasteiger partial charge < -0.3 is 33.7 Å². The third kappa shape index (κ3) is 6.19. The number of carbonyl (C=O) groups is 2. The van der Waals surface area contributed by atoms with Gasteiger partial charge in [-0.2, -0.15) is 0 Å². The Bertz CT molecular complexity index is 1520. The van der Waals surface area contributed by atoms with Gasteiger partial charge in [0.15, 0.2) is 0 Å². The number of nitrogens with one attached hydrogen (secondary N) is 1. The minimum absolute atomic E-state index is 0.0511. The van der Waals surface area contributed by atoms with E-state index in [1.807, 2.05) is 4.90 Å². The molecule has 1 aliphatic carbocycles. The average Bonchev–Trinajstić information content (AvgIpc) is 3.70. The lowest BCUT2D eigenvalue weighted by molar-refractivity contribution is -0.274. The standard InChI is InChI=1S/C31H32F3N3O7/c1-40-26-13-18(29(38)41-2)9-12-24(26)35-30(39)37-19-10-11-20(37)15-21(14-19)42-16-23-27(36-44-28(23)17-7-8-17)22-5-3-4-6-25(22)43-31(32,33)34/h3-6,9,12-13,17,19-21H,7-8,10-11,14-16H2,1-2H3,(H,35,39). The highest BCUT2D eigenvalue weighted by Gasteiger charge is 2.44. The fourth-order valence-corrected chi connectivity index (χ4v) is 6.23. The zero-order valence-corrected chi connectivity index (χ0v) is 24.2. The number of alkyl halides is 3. The van der Waals surface area contributed by atoms with Crippen LogP contribution in [0.5, 0.6) is 11.5 Å². The van der Waals surface area contributed by atoms with E-state index in [1.54, 1.807) is 18.2 Å². The molecule has 2 amide bonds. The average molecular weight is 616 g/mol. The number of fused-ring (bicyclic) bond motifs is 2. The van der Waals surface area contributed by atoms with Crippen LogP contribution in [0.25, 0.3) is 11.3 Å². The van der Waals surface area contributed by atoms with Gasteiger partial charge in [0.1, 0.15) is 23.0 Å². The van der Waals surface area contributed by atoms with Crippen molar-refractivity contribution in [3.63, 3.8) is 0 Å². The van der Waals surface area contributed by atoms with E-state index in [-0.39, 0.29) is 53.8 Å². The molecule has 6 rings (SSSR count). The maximum Gasteiger partial charge on any atom is 0.573 e. The molecule has 3 aliphatic rings. The molecule has 44 heavy (non-hydrogen) atoms. The van der Waals surface area contributed by atoms with Crippen LogP contribution in [0.3, 0.4) is 0 Å². The Kier molecular flexibility index (Phi) is 8.14. The number of aromatic nitrogens is 1. The summed E-state index contributed by atoms with van der Waals surface area (Å²) in [7, 11) is 2.74. The third-order valence-electron chi connectivity index (χ3n) is 8.39. The molecule has 1 saturated carbocycles. The Labute approximate surface area is 251 Å². The minimum Gasteiger partial charge on any atom is -0.495 e. The third-order valence-corrected chi connectivity index (χ3v) is 8.39. The molecule has 0 radical (unpaired) electrons. The number of nitrogens with zero attached hydrogens (tertiary/aromatic N) is 2. The number of halogens is 3. The highest BCUT2D eigenvalue weighted by Crippen LogP contribution is 2.46. The van der Waals surface area contributed by atoms with E-state index in [4.69, 9.17) is 18.7 Å². The first-order chi connectivity index (χ1) is 21.1. The Morgan fingerprint density at radius 1 is 1.02 bits per heavy atom. The van der Waals surface area contributed by atoms with E-state index >= 15 is 0 Å². The van der Waals surface area contributed by atoms with Crippen molar-refractivity contribution in [2.24, 2.45) is 0 Å². The van der Waals surface area contributed by atoms with Crippen LogP contribution >= 0.6 is 0 Å². The van der Waals surface area contributed by atoms with Crippen molar-refractivity contribution in [3.05, 3.63) is 59.4 Å². The highest BCUT2D eigenvalue weighted by molar-refractivity contribution is 5.94. The molecule has 3 fully saturated rings. The molecule has 2 bridgehead atoms. The molecule has 3 aromatic rings. The van der Waals surface area contributed by atoms with Crippen LogP contribution in [0, 0.1) is 0 Å². The summed E-state index contributed by atoms with van der Waals surface area (Å²) in [6, 6.07) is 10.2. The second-order valence-corrected chi connectivity index (χ2v) is 11.2. The molecule has 2 saturated heterocycles. The van der Waals surface area contributed by atoms with Gasteiger partial charge in [0.25, 0.3) is 0 Å². The molecule has 3 heterocycles. The molecule has 234 valence electrons. The molecule has 2 aromatic carbocycles. The van der Waals surface area contributed by atoms with Crippen molar-refractivity contribution in [3.8, 4) is 22.8 Å². The van der Waals surface area contributed by atoms with Crippen molar-refractivity contribution in [2.45, 2.75) is 75.6 Å². The summed E-state index contributed by atoms with van der Waals surface area (Å²) in [4.78, 5) is 27.1. The quantitative estimate of drug-likeness (QED) is 0.266. The number of urea groups is 1. The molecule has 1 N–H and O–H groups in total. The van der Waals surface area contributed by atoms with E-state index in [2.05, 4.69) is 15.2 Å². The number of esters is 1. The fourth-order valence-electron chi connectivity index (χ4n) is 6.23. The Morgan fingerprint density at radius 2 is 1.75 bits per heavy atom. The monoisotopic (exact) mass is 615 g/mol. The number of para-hydroxylation sites is 1. The van der Waals surface area contributed by atoms with Crippen molar-refractivity contribution < 1.29 is 46.2 Å². The summed E-state index contributed by atoms with van der Waals surface area (Å²) < 4.78 is 65.8. The first-order valence-corrected chi connectivity index (χ1v) is 14.5. The first-order valence-electron chi connectivity index (χ1n) is 14.5. The second-order valence-electron chi connectivity index (χ2n) is 11.2. The molecule has 2 unspecified atom stereocenters. The van der Waals surface area contributed by atoms with Crippen LogP contribution in [0.4, 0.5) is 23.7 Å². The van der Waals surface area contributed by atoms with Crippen molar-refractivity contribution >= 4 is 17.7 Å². The van der Waals surface area contributed by atoms with Crippen LogP contribution in [-0.4, -0.2) is 60.8 Å². The largest absolute Gasteiger partial charge is 0.573 e. The van der Waals surface area contributed by atoms with Crippen LogP contribution in [0.1, 0.15) is 66.1 Å². The van der Waals surface area contributed by atoms with E-state index < -0.39 is 12.3 Å². The molecular weight excluding hydrogens is 583 g/mol. The number of piperidine rings is 1. The summed E-state index contributed by atoms with van der Waals surface area (Å²) in [5, 5.41) is 7.07. The molecular formula is C31H32F3N3O7. The number of methoxy groups -OCH3 is 2. The maximum absolute atomic E-state index is 13.4. The van der Waals surface area contributed by atoms with Gasteiger partial charge in [-0.1, -0.05) is 17.3 Å². The molecule has 13 heteroatoms. The lowest BCUT2D eigenvalue weighted by Crippen LogP contribution is -2.50. The normalized spacial score (nSPS) is 21.2. The lowest BCUT2D eigenvalue weighted by Gasteiger charge is -2.38. The number of hydrogen-bond donors (Lipinski definition) is 1. The SMILES string of the molecule is COC(=O)c1ccc(NC(=O)N2C3CCC2CC(OCc2c(-c4ccccc4OC(F)(F)F)noc2C2CC2)C3)c(OC)c1. The van der Waals surface area contributed by atoms with Crippen molar-refractivity contribution in [1.82, 2.24) is 10.1 Å². The number of benzene rings is 2. The molecule has 2 aliphatic heterocycles. The van der Waals surface area contributed by atoms with Gasteiger partial charge in [0, 0.05) is 29.1 Å². The molecule has 0 spiro atoms. The second kappa shape index (κ2) is 12.0. The van der Waals surface area contributed by atoms with E-state index in [0.29, 0.717) is 41.2 Å². The summed E-state index contributed by atoms with van der Waals surface area (Å²) in [5.41, 5.74) is 1.82. The van der Waals surface area contributed by atoms with Gasteiger partial charge in [-0.15, -0.1) is 13.2 Å². The number of hydrogen-bond acceptors (Lipinski definition) is 8. The van der Waals surface area contributed by atoms with Crippen LogP contribution in [-0.2, 0) is 16.1 Å². The predicted octanol–water partition coefficient (Wildman–Crippen LogP) is 6.66. The van der Waals surface area contributed by atoms with Gasteiger partial charge in [0.2, 0.25) is 0 Å². The van der Waals surface area contributed by atoms with Crippen LogP contribution in [0.15, 0.2) is 47.0 Å². The maximum atomic E-state index is 13.4. The smallest absolute Gasteiger partial charge is 0.495 e. The summed E-state index contributed by atoms with van der Waals surface area (Å²) in [6.45, 7) is 0.116. The number of carbonyl (C=O) groups excluding carboxylic acids is 2. The van der Waals surface area contributed by atoms with Crippen LogP contribution < -0.4 is 14.8 Å². The first kappa shape index (κ1) is 29.8. The predicted molar refractivity (Wildman–Crippen MR) is 150 cm³/mol. The minimum atomic E-state index is -4.85. The number of rotatable bonds is 9. The topological polar surface area (TPSA) is 112 Å². The summed E-state index contributed by atoms with van der Waals surface area (Å²) >= 11 is 0. The number of anilines is 1. The molecule has 10 nitrogen and oxygen atoms in total. The molecule has 2 atom stereocenters. The van der Waals surface area contributed by atoms with Gasteiger partial charge >= 0.3 is 18.4 Å². The van der Waals surface area contributed by atoms with Crippen molar-refractivity contribution in [2.75, 3.05) is 19.5 Å². The Morgan fingerprint density at radius 3 is 2.41 bits per heavy atom. The van der Waals surface area contributed by atoms with Crippen molar-refractivity contribution in [1.29, 1.82) is 0 Å². The van der Waals surface area contributed by atoms with E-state index in [0.717, 1.165) is 25.7 Å². The molecule has 1 aromatic heterocycles. The fraction of sp³-hybridized carbons (Fsp3) is 0.452. The zero-order valence-electron chi connectivity index (χ0n) is 24.2. The van der Waals surface area contributed by atoms with Crippen LogP contribution in [0.2, 0.25) is 0 Å². The van der Waals surface area contributed by atoms with Gasteiger partial charge in [0.05, 0.1) is 38.2 Å². The van der Waals surface area contributed by atoms with Gasteiger partial charge in [-0.05, 0) is 68.9 Å². The number of amides is 2. The van der Waals surface area contributed by atoms with Gasteiger partial charge in [-0.25, -0.2) is 9.59 Å². The zero-order chi connectivity index (χ0) is 31.0. The highest BCUT2D eigenvalue weighted by atomic mass is 19.4.